The summed E-state index contributed by atoms with van der Waals surface area (Å²) in [5.41, 5.74) is 1.49. The lowest BCUT2D eigenvalue weighted by Gasteiger charge is -2.29. The van der Waals surface area contributed by atoms with Crippen LogP contribution in [0.1, 0.15) is 40.0 Å². The lowest BCUT2D eigenvalue weighted by atomic mass is 9.72. The number of carbonyl (C=O) groups excluding carboxylic acids is 2. The number of rotatable bonds is 4. The molecule has 0 heterocycles. The van der Waals surface area contributed by atoms with Crippen molar-refractivity contribution in [3.05, 3.63) is 71.8 Å². The van der Waals surface area contributed by atoms with Crippen molar-refractivity contribution >= 4 is 11.6 Å². The maximum absolute atomic E-state index is 13.0. The summed E-state index contributed by atoms with van der Waals surface area (Å²) in [4.78, 5) is 26.1. The monoisotopic (exact) mass is 304 g/mol. The summed E-state index contributed by atoms with van der Waals surface area (Å²) in [6, 6.07) is 18.9. The van der Waals surface area contributed by atoms with Crippen molar-refractivity contribution in [2.75, 3.05) is 0 Å². The van der Waals surface area contributed by atoms with Crippen LogP contribution >= 0.6 is 0 Å². The summed E-state index contributed by atoms with van der Waals surface area (Å²) in [5, 5.41) is 0. The Kier molecular flexibility index (Phi) is 3.60. The van der Waals surface area contributed by atoms with E-state index in [-0.39, 0.29) is 23.4 Å². The highest BCUT2D eigenvalue weighted by atomic mass is 16.1. The van der Waals surface area contributed by atoms with Gasteiger partial charge in [-0.2, -0.15) is 0 Å². The van der Waals surface area contributed by atoms with Crippen molar-refractivity contribution in [3.63, 3.8) is 0 Å². The number of fused-ring (bicyclic) bond motifs is 2. The Balaban J connectivity index is 1.67. The summed E-state index contributed by atoms with van der Waals surface area (Å²) in [6.45, 7) is 0. The lowest BCUT2D eigenvalue weighted by Crippen LogP contribution is -2.35. The number of benzene rings is 2. The molecular weight excluding hydrogens is 284 g/mol. The Hall–Kier alpha value is -2.22. The molecule has 0 saturated heterocycles. The highest BCUT2D eigenvalue weighted by molar-refractivity contribution is 6.05. The molecule has 2 bridgehead atoms. The highest BCUT2D eigenvalue weighted by Crippen LogP contribution is 2.54. The maximum Gasteiger partial charge on any atom is 0.166 e. The Morgan fingerprint density at radius 1 is 0.652 bits per heavy atom. The predicted octanol–water partition coefficient (Wildman–Crippen LogP) is 4.41. The van der Waals surface area contributed by atoms with Gasteiger partial charge in [0.25, 0.3) is 0 Å². The maximum atomic E-state index is 13.0. The number of carbonyl (C=O) groups is 2. The van der Waals surface area contributed by atoms with Crippen molar-refractivity contribution in [2.45, 2.75) is 19.3 Å². The van der Waals surface area contributed by atoms with E-state index in [1.165, 1.54) is 0 Å². The van der Waals surface area contributed by atoms with Crippen molar-refractivity contribution in [2.24, 2.45) is 23.7 Å². The van der Waals surface area contributed by atoms with Crippen LogP contribution in [0.4, 0.5) is 0 Å². The molecule has 0 unspecified atom stereocenters. The van der Waals surface area contributed by atoms with Crippen LogP contribution in [-0.4, -0.2) is 11.6 Å². The van der Waals surface area contributed by atoms with Crippen LogP contribution in [0, 0.1) is 23.7 Å². The highest BCUT2D eigenvalue weighted by Gasteiger charge is 2.53. The smallest absolute Gasteiger partial charge is 0.166 e. The van der Waals surface area contributed by atoms with E-state index in [2.05, 4.69) is 0 Å². The van der Waals surface area contributed by atoms with E-state index in [9.17, 15) is 9.59 Å². The largest absolute Gasteiger partial charge is 0.294 e. The minimum atomic E-state index is -0.135. The normalized spacial score (nSPS) is 28.7. The Morgan fingerprint density at radius 3 is 1.43 bits per heavy atom. The van der Waals surface area contributed by atoms with Gasteiger partial charge >= 0.3 is 0 Å². The second kappa shape index (κ2) is 5.77. The Morgan fingerprint density at radius 2 is 1.04 bits per heavy atom. The standard InChI is InChI=1S/C21H20O2/c22-20(14-7-3-1-4-8-14)18-16-11-12-17(13-16)19(18)21(23)15-9-5-2-6-10-15/h1-10,16-19H,11-13H2/t16-,17+,18+,19-. The van der Waals surface area contributed by atoms with Gasteiger partial charge in [0.15, 0.2) is 11.6 Å². The van der Waals surface area contributed by atoms with Gasteiger partial charge in [-0.3, -0.25) is 9.59 Å². The van der Waals surface area contributed by atoms with Crippen LogP contribution in [0.3, 0.4) is 0 Å². The van der Waals surface area contributed by atoms with Gasteiger partial charge in [-0.15, -0.1) is 0 Å². The molecule has 2 aromatic carbocycles. The number of hydrogen-bond acceptors (Lipinski definition) is 2. The van der Waals surface area contributed by atoms with Gasteiger partial charge in [0.1, 0.15) is 0 Å². The van der Waals surface area contributed by atoms with Crippen molar-refractivity contribution in [3.8, 4) is 0 Å². The molecule has 23 heavy (non-hydrogen) atoms. The molecule has 116 valence electrons. The predicted molar refractivity (Wildman–Crippen MR) is 89.4 cm³/mol. The van der Waals surface area contributed by atoms with E-state index in [0.717, 1.165) is 30.4 Å². The zero-order valence-electron chi connectivity index (χ0n) is 13.0. The van der Waals surface area contributed by atoms with Gasteiger partial charge in [0.05, 0.1) is 0 Å². The zero-order chi connectivity index (χ0) is 15.8. The van der Waals surface area contributed by atoms with E-state index in [1.807, 2.05) is 60.7 Å². The second-order valence-electron chi connectivity index (χ2n) is 6.85. The second-order valence-corrected chi connectivity index (χ2v) is 6.85. The minimum absolute atomic E-state index is 0.135. The molecule has 2 fully saturated rings. The molecule has 4 atom stereocenters. The SMILES string of the molecule is O=C(c1ccccc1)[C@@H]1[C@H]2CC[C@H](C2)[C@@H]1C(=O)c1ccccc1. The van der Waals surface area contributed by atoms with Crippen LogP contribution in [0.2, 0.25) is 0 Å². The molecule has 0 aliphatic heterocycles. The third kappa shape index (κ3) is 2.42. The van der Waals surface area contributed by atoms with E-state index in [0.29, 0.717) is 11.8 Å². The fourth-order valence-corrected chi connectivity index (χ4v) is 4.64. The minimum Gasteiger partial charge on any atom is -0.294 e. The van der Waals surface area contributed by atoms with Crippen LogP contribution in [0.5, 0.6) is 0 Å². The van der Waals surface area contributed by atoms with E-state index >= 15 is 0 Å². The van der Waals surface area contributed by atoms with Crippen LogP contribution in [0.25, 0.3) is 0 Å². The number of ketones is 2. The summed E-state index contributed by atoms with van der Waals surface area (Å²) in [7, 11) is 0. The molecule has 0 aromatic heterocycles. The molecule has 2 heteroatoms. The number of Topliss-reactive ketones (excluding diaryl/α,β-unsaturated/α-hetero) is 2. The molecule has 0 amide bonds. The van der Waals surface area contributed by atoms with Gasteiger partial charge in [0.2, 0.25) is 0 Å². The molecule has 0 radical (unpaired) electrons. The van der Waals surface area contributed by atoms with Crippen molar-refractivity contribution < 1.29 is 9.59 Å². The first-order valence-corrected chi connectivity index (χ1v) is 8.44. The third-order valence-electron chi connectivity index (χ3n) is 5.64. The zero-order valence-corrected chi connectivity index (χ0v) is 13.0. The summed E-state index contributed by atoms with van der Waals surface area (Å²) in [6.07, 6.45) is 3.21. The quantitative estimate of drug-likeness (QED) is 0.784. The molecule has 4 rings (SSSR count). The summed E-state index contributed by atoms with van der Waals surface area (Å²) < 4.78 is 0. The average Bonchev–Trinajstić information content (AvgIpc) is 3.23. The summed E-state index contributed by atoms with van der Waals surface area (Å²) >= 11 is 0. The molecule has 0 N–H and O–H groups in total. The number of hydrogen-bond donors (Lipinski definition) is 0. The van der Waals surface area contributed by atoms with Gasteiger partial charge in [-0.05, 0) is 31.1 Å². The first kappa shape index (κ1) is 14.4. The molecule has 2 nitrogen and oxygen atoms in total. The van der Waals surface area contributed by atoms with Gasteiger partial charge in [0, 0.05) is 23.0 Å². The van der Waals surface area contributed by atoms with Crippen LogP contribution < -0.4 is 0 Å². The van der Waals surface area contributed by atoms with E-state index in [4.69, 9.17) is 0 Å². The lowest BCUT2D eigenvalue weighted by molar-refractivity contribution is 0.0694. The molecule has 2 aliphatic rings. The first-order chi connectivity index (χ1) is 11.3. The van der Waals surface area contributed by atoms with Crippen LogP contribution in [-0.2, 0) is 0 Å². The first-order valence-electron chi connectivity index (χ1n) is 8.44. The fourth-order valence-electron chi connectivity index (χ4n) is 4.64. The molecule has 2 aromatic rings. The van der Waals surface area contributed by atoms with E-state index < -0.39 is 0 Å². The summed E-state index contributed by atoms with van der Waals surface area (Å²) in [5.74, 6) is 0.808. The molecule has 2 saturated carbocycles. The topological polar surface area (TPSA) is 34.1 Å². The molecular formula is C21H20O2. The molecule has 2 aliphatic carbocycles. The van der Waals surface area contributed by atoms with Crippen LogP contribution in [0.15, 0.2) is 60.7 Å². The Labute approximate surface area is 136 Å². The fraction of sp³-hybridized carbons (Fsp3) is 0.333. The van der Waals surface area contributed by atoms with Crippen molar-refractivity contribution in [1.29, 1.82) is 0 Å². The van der Waals surface area contributed by atoms with Crippen molar-refractivity contribution in [1.82, 2.24) is 0 Å². The average molecular weight is 304 g/mol. The third-order valence-corrected chi connectivity index (χ3v) is 5.64. The van der Waals surface area contributed by atoms with Gasteiger partial charge in [-0.1, -0.05) is 60.7 Å². The molecule has 0 spiro atoms. The van der Waals surface area contributed by atoms with E-state index in [1.54, 1.807) is 0 Å². The van der Waals surface area contributed by atoms with Gasteiger partial charge < -0.3 is 0 Å². The Bertz CT molecular complexity index is 657. The van der Waals surface area contributed by atoms with Gasteiger partial charge in [-0.25, -0.2) is 0 Å².